The second-order valence-corrected chi connectivity index (χ2v) is 9.11. The van der Waals surface area contributed by atoms with Gasteiger partial charge in [-0.3, -0.25) is 9.78 Å². The summed E-state index contributed by atoms with van der Waals surface area (Å²) in [4.78, 5) is 19.8. The van der Waals surface area contributed by atoms with Crippen molar-refractivity contribution in [2.45, 2.75) is 32.2 Å². The number of piperidine rings is 2. The molecule has 5 atom stereocenters. The van der Waals surface area contributed by atoms with Crippen LogP contribution in [0.15, 0.2) is 30.5 Å². The fraction of sp³-hybridized carbons (Fsp3) is 0.565. The second-order valence-electron chi connectivity index (χ2n) is 9.11. The molecule has 1 amide bonds. The fourth-order valence-corrected chi connectivity index (χ4v) is 5.73. The number of hydrogen-bond acceptors (Lipinski definition) is 4. The molecule has 28 heavy (non-hydrogen) atoms. The molecule has 0 radical (unpaired) electrons. The standard InChI is InChI=1S/C23H30N4O/c1-14-7-16(17-5-4-15(9-24)23-18(17)3-2-6-26-23)13-27(12-14)22(28)8-19-20-10-25-11-21(19)20/h2-6,14,16,19-21,25H,7-13,24H2,1H3/t14-,16+,19-,20-,21+/m1/s1. The van der Waals surface area contributed by atoms with Crippen LogP contribution in [-0.2, 0) is 11.3 Å². The fourth-order valence-electron chi connectivity index (χ4n) is 5.73. The molecule has 148 valence electrons. The third-order valence-corrected chi connectivity index (χ3v) is 7.24. The number of nitrogens with two attached hydrogens (primary N) is 1. The Labute approximate surface area is 166 Å². The zero-order chi connectivity index (χ0) is 19.3. The van der Waals surface area contributed by atoms with E-state index in [0.29, 0.717) is 30.2 Å². The predicted molar refractivity (Wildman–Crippen MR) is 111 cm³/mol. The number of nitrogens with zero attached hydrogens (tertiary/aromatic N) is 2. The van der Waals surface area contributed by atoms with E-state index in [-0.39, 0.29) is 0 Å². The van der Waals surface area contributed by atoms with Crippen LogP contribution in [0, 0.1) is 23.7 Å². The van der Waals surface area contributed by atoms with E-state index in [9.17, 15) is 4.79 Å². The highest BCUT2D eigenvalue weighted by atomic mass is 16.2. The summed E-state index contributed by atoms with van der Waals surface area (Å²) in [6.45, 7) is 6.71. The minimum absolute atomic E-state index is 0.358. The average Bonchev–Trinajstić information content (AvgIpc) is 3.12. The summed E-state index contributed by atoms with van der Waals surface area (Å²) >= 11 is 0. The Bertz CT molecular complexity index is 887. The summed E-state index contributed by atoms with van der Waals surface area (Å²) in [6, 6.07) is 8.49. The van der Waals surface area contributed by atoms with E-state index in [1.165, 1.54) is 10.9 Å². The number of hydrogen-bond donors (Lipinski definition) is 2. The zero-order valence-corrected chi connectivity index (χ0v) is 16.6. The Morgan fingerprint density at radius 1 is 1.25 bits per heavy atom. The number of carbonyl (C=O) groups excluding carboxylic acids is 1. The van der Waals surface area contributed by atoms with Crippen molar-refractivity contribution in [1.82, 2.24) is 15.2 Å². The molecular weight excluding hydrogens is 348 g/mol. The molecule has 5 nitrogen and oxygen atoms in total. The Hall–Kier alpha value is -1.98. The predicted octanol–water partition coefficient (Wildman–Crippen LogP) is 2.50. The van der Waals surface area contributed by atoms with Gasteiger partial charge in [0.15, 0.2) is 0 Å². The highest BCUT2D eigenvalue weighted by Crippen LogP contribution is 2.51. The molecule has 2 aromatic rings. The molecule has 1 aromatic heterocycles. The first-order chi connectivity index (χ1) is 13.7. The summed E-state index contributed by atoms with van der Waals surface area (Å²) in [5, 5.41) is 4.62. The summed E-state index contributed by atoms with van der Waals surface area (Å²) in [7, 11) is 0. The molecule has 1 aromatic carbocycles. The van der Waals surface area contributed by atoms with Gasteiger partial charge in [0, 0.05) is 43.6 Å². The summed E-state index contributed by atoms with van der Waals surface area (Å²) in [5.74, 6) is 3.37. The van der Waals surface area contributed by atoms with Gasteiger partial charge in [0.05, 0.1) is 5.52 Å². The number of carbonyl (C=O) groups is 1. The quantitative estimate of drug-likeness (QED) is 0.858. The van der Waals surface area contributed by atoms with Gasteiger partial charge in [-0.2, -0.15) is 0 Å². The largest absolute Gasteiger partial charge is 0.342 e. The smallest absolute Gasteiger partial charge is 0.222 e. The number of fused-ring (bicyclic) bond motifs is 2. The van der Waals surface area contributed by atoms with Crippen molar-refractivity contribution in [3.8, 4) is 0 Å². The Balaban J connectivity index is 1.37. The van der Waals surface area contributed by atoms with E-state index in [1.54, 1.807) is 0 Å². The average molecular weight is 379 g/mol. The van der Waals surface area contributed by atoms with Gasteiger partial charge in [-0.15, -0.1) is 0 Å². The maximum Gasteiger partial charge on any atom is 0.222 e. The van der Waals surface area contributed by atoms with Gasteiger partial charge >= 0.3 is 0 Å². The van der Waals surface area contributed by atoms with E-state index in [4.69, 9.17) is 5.73 Å². The number of rotatable bonds is 4. The normalized spacial score (nSPS) is 31.8. The van der Waals surface area contributed by atoms with Crippen molar-refractivity contribution < 1.29 is 4.79 Å². The molecule has 3 N–H and O–H groups in total. The molecule has 3 heterocycles. The first-order valence-electron chi connectivity index (χ1n) is 10.7. The number of nitrogens with one attached hydrogen (secondary N) is 1. The molecule has 0 bridgehead atoms. The van der Waals surface area contributed by atoms with Crippen molar-refractivity contribution in [2.75, 3.05) is 26.2 Å². The lowest BCUT2D eigenvalue weighted by molar-refractivity contribution is -0.133. The first kappa shape index (κ1) is 18.1. The monoisotopic (exact) mass is 378 g/mol. The van der Waals surface area contributed by atoms with Crippen molar-refractivity contribution in [2.24, 2.45) is 29.4 Å². The van der Waals surface area contributed by atoms with Crippen LogP contribution in [0.4, 0.5) is 0 Å². The van der Waals surface area contributed by atoms with Gasteiger partial charge in [0.1, 0.15) is 0 Å². The van der Waals surface area contributed by atoms with E-state index < -0.39 is 0 Å². The highest BCUT2D eigenvalue weighted by molar-refractivity contribution is 5.86. The summed E-state index contributed by atoms with van der Waals surface area (Å²) in [6.07, 6.45) is 3.70. The van der Waals surface area contributed by atoms with Gasteiger partial charge in [-0.1, -0.05) is 25.1 Å². The highest BCUT2D eigenvalue weighted by Gasteiger charge is 2.53. The molecule has 3 fully saturated rings. The van der Waals surface area contributed by atoms with E-state index in [2.05, 4.69) is 40.3 Å². The van der Waals surface area contributed by atoms with E-state index in [1.807, 2.05) is 12.3 Å². The van der Waals surface area contributed by atoms with Crippen molar-refractivity contribution in [3.05, 3.63) is 41.6 Å². The third-order valence-electron chi connectivity index (χ3n) is 7.24. The lowest BCUT2D eigenvalue weighted by atomic mass is 9.83. The first-order valence-corrected chi connectivity index (χ1v) is 10.7. The minimum atomic E-state index is 0.358. The molecule has 0 spiro atoms. The Morgan fingerprint density at radius 3 is 2.86 bits per heavy atom. The lowest BCUT2D eigenvalue weighted by Gasteiger charge is -2.37. The third kappa shape index (κ3) is 3.11. The number of aromatic nitrogens is 1. The molecule has 1 aliphatic carbocycles. The SMILES string of the molecule is C[C@@H]1C[C@H](c2ccc(CN)c3ncccc23)CN(C(=O)C[C@H]2[C@@H]3CNC[C@@H]32)C1. The molecular formula is C23H30N4O. The van der Waals surface area contributed by atoms with Gasteiger partial charge in [0.2, 0.25) is 5.91 Å². The van der Waals surface area contributed by atoms with Crippen LogP contribution >= 0.6 is 0 Å². The molecule has 3 aliphatic rings. The van der Waals surface area contributed by atoms with Crippen molar-refractivity contribution in [1.29, 1.82) is 0 Å². The van der Waals surface area contributed by atoms with E-state index >= 15 is 0 Å². The number of amides is 1. The molecule has 2 aliphatic heterocycles. The molecule has 5 rings (SSSR count). The molecule has 2 saturated heterocycles. The minimum Gasteiger partial charge on any atom is -0.342 e. The van der Waals surface area contributed by atoms with E-state index in [0.717, 1.165) is 61.9 Å². The Morgan fingerprint density at radius 2 is 2.07 bits per heavy atom. The van der Waals surface area contributed by atoms with Crippen LogP contribution < -0.4 is 11.1 Å². The van der Waals surface area contributed by atoms with Gasteiger partial charge < -0.3 is 16.0 Å². The van der Waals surface area contributed by atoms with Crippen LogP contribution in [0.5, 0.6) is 0 Å². The van der Waals surface area contributed by atoms with Crippen molar-refractivity contribution in [3.63, 3.8) is 0 Å². The molecule has 1 saturated carbocycles. The zero-order valence-electron chi connectivity index (χ0n) is 16.6. The topological polar surface area (TPSA) is 71.2 Å². The Kier molecular flexibility index (Phi) is 4.60. The lowest BCUT2D eigenvalue weighted by Crippen LogP contribution is -2.43. The number of likely N-dealkylation sites (tertiary alicyclic amines) is 1. The van der Waals surface area contributed by atoms with Gasteiger partial charge in [0.25, 0.3) is 0 Å². The van der Waals surface area contributed by atoms with Crippen LogP contribution in [0.3, 0.4) is 0 Å². The summed E-state index contributed by atoms with van der Waals surface area (Å²) < 4.78 is 0. The summed E-state index contributed by atoms with van der Waals surface area (Å²) in [5.41, 5.74) is 9.34. The van der Waals surface area contributed by atoms with Crippen molar-refractivity contribution >= 4 is 16.8 Å². The van der Waals surface area contributed by atoms with Gasteiger partial charge in [-0.25, -0.2) is 0 Å². The van der Waals surface area contributed by atoms with Gasteiger partial charge in [-0.05, 0) is 60.4 Å². The molecule has 5 heteroatoms. The number of benzene rings is 1. The van der Waals surface area contributed by atoms with Crippen LogP contribution in [0.1, 0.15) is 36.8 Å². The maximum absolute atomic E-state index is 13.0. The second kappa shape index (κ2) is 7.12. The maximum atomic E-state index is 13.0. The van der Waals surface area contributed by atoms with Crippen LogP contribution in [0.2, 0.25) is 0 Å². The molecule has 0 unspecified atom stereocenters. The number of pyridine rings is 1. The van der Waals surface area contributed by atoms with Crippen LogP contribution in [0.25, 0.3) is 10.9 Å². The van der Waals surface area contributed by atoms with Crippen LogP contribution in [-0.4, -0.2) is 42.0 Å².